The molecule has 0 spiro atoms. The van der Waals surface area contributed by atoms with Gasteiger partial charge in [-0.25, -0.2) is 0 Å². The van der Waals surface area contributed by atoms with Gasteiger partial charge in [-0.05, 0) is 35.1 Å². The Kier molecular flexibility index (Phi) is 5.64. The van der Waals surface area contributed by atoms with E-state index in [1.807, 2.05) is 6.92 Å². The summed E-state index contributed by atoms with van der Waals surface area (Å²) in [5.41, 5.74) is 2.57. The molecule has 1 aromatic carbocycles. The van der Waals surface area contributed by atoms with Crippen molar-refractivity contribution in [3.63, 3.8) is 0 Å². The fourth-order valence-electron chi connectivity index (χ4n) is 1.17. The molecule has 0 radical (unpaired) electrons. The maximum Gasteiger partial charge on any atom is 0.271 e. The second kappa shape index (κ2) is 7.00. The molecule has 0 amide bonds. The van der Waals surface area contributed by atoms with Crippen molar-refractivity contribution < 1.29 is 10.0 Å². The SMILES string of the molecule is CCNC(=S)N/N=C\c1cc([N+](=O)[O-])cc(Br)c1O. The molecule has 102 valence electrons. The number of non-ortho nitro benzene ring substituents is 1. The van der Waals surface area contributed by atoms with Gasteiger partial charge >= 0.3 is 0 Å². The third kappa shape index (κ3) is 4.45. The van der Waals surface area contributed by atoms with E-state index >= 15 is 0 Å². The van der Waals surface area contributed by atoms with Crippen LogP contribution in [0.15, 0.2) is 21.7 Å². The van der Waals surface area contributed by atoms with Crippen LogP contribution in [0, 0.1) is 10.1 Å². The van der Waals surface area contributed by atoms with Gasteiger partial charge in [0.2, 0.25) is 0 Å². The topological polar surface area (TPSA) is 99.8 Å². The second-order valence-corrected chi connectivity index (χ2v) is 4.61. The largest absolute Gasteiger partial charge is 0.506 e. The lowest BCUT2D eigenvalue weighted by Crippen LogP contribution is -2.31. The van der Waals surface area contributed by atoms with E-state index in [1.54, 1.807) is 0 Å². The van der Waals surface area contributed by atoms with Gasteiger partial charge in [0, 0.05) is 24.2 Å². The number of hydrazone groups is 1. The molecule has 0 aliphatic heterocycles. The second-order valence-electron chi connectivity index (χ2n) is 3.35. The molecule has 0 aliphatic rings. The van der Waals surface area contributed by atoms with Crippen molar-refractivity contribution >= 4 is 45.2 Å². The van der Waals surface area contributed by atoms with E-state index in [9.17, 15) is 15.2 Å². The van der Waals surface area contributed by atoms with Gasteiger partial charge in [-0.1, -0.05) is 0 Å². The Hall–Kier alpha value is -1.74. The number of phenols is 1. The summed E-state index contributed by atoms with van der Waals surface area (Å²) >= 11 is 7.91. The third-order valence-corrected chi connectivity index (χ3v) is 2.84. The number of phenolic OH excluding ortho intramolecular Hbond substituents is 1. The molecule has 0 saturated heterocycles. The summed E-state index contributed by atoms with van der Waals surface area (Å²) < 4.78 is 0.220. The van der Waals surface area contributed by atoms with Gasteiger partial charge in [0.25, 0.3) is 5.69 Å². The highest BCUT2D eigenvalue weighted by Gasteiger charge is 2.13. The summed E-state index contributed by atoms with van der Waals surface area (Å²) in [6, 6.07) is 2.42. The lowest BCUT2D eigenvalue weighted by atomic mass is 10.2. The molecule has 7 nitrogen and oxygen atoms in total. The van der Waals surface area contributed by atoms with E-state index in [-0.39, 0.29) is 21.5 Å². The first-order valence-electron chi connectivity index (χ1n) is 5.19. The molecule has 0 bridgehead atoms. The molecule has 0 saturated carbocycles. The number of thiocarbonyl (C=S) groups is 1. The summed E-state index contributed by atoms with van der Waals surface area (Å²) in [6.07, 6.45) is 1.25. The molecule has 0 unspecified atom stereocenters. The van der Waals surface area contributed by atoms with E-state index in [0.29, 0.717) is 11.7 Å². The number of nitrogens with one attached hydrogen (secondary N) is 2. The number of hydrogen-bond acceptors (Lipinski definition) is 5. The van der Waals surface area contributed by atoms with Gasteiger partial charge in [-0.15, -0.1) is 0 Å². The summed E-state index contributed by atoms with van der Waals surface area (Å²) in [5, 5.41) is 27.3. The zero-order valence-corrected chi connectivity index (χ0v) is 12.3. The molecule has 19 heavy (non-hydrogen) atoms. The Balaban J connectivity index is 2.91. The molecule has 1 aromatic rings. The van der Waals surface area contributed by atoms with Gasteiger partial charge in [-0.2, -0.15) is 5.10 Å². The highest BCUT2D eigenvalue weighted by molar-refractivity contribution is 9.10. The highest BCUT2D eigenvalue weighted by atomic mass is 79.9. The van der Waals surface area contributed by atoms with E-state index in [2.05, 4.69) is 31.8 Å². The zero-order valence-electron chi connectivity index (χ0n) is 9.88. The Labute approximate surface area is 123 Å². The van der Waals surface area contributed by atoms with Crippen molar-refractivity contribution in [1.29, 1.82) is 0 Å². The van der Waals surface area contributed by atoms with Crippen LogP contribution in [0.2, 0.25) is 0 Å². The fourth-order valence-corrected chi connectivity index (χ4v) is 1.83. The lowest BCUT2D eigenvalue weighted by Gasteiger charge is -2.04. The predicted octanol–water partition coefficient (Wildman–Crippen LogP) is 1.88. The smallest absolute Gasteiger partial charge is 0.271 e. The Morgan fingerprint density at radius 2 is 2.37 bits per heavy atom. The average molecular weight is 347 g/mol. The minimum absolute atomic E-state index is 0.134. The first kappa shape index (κ1) is 15.3. The first-order valence-corrected chi connectivity index (χ1v) is 6.39. The van der Waals surface area contributed by atoms with E-state index in [1.165, 1.54) is 18.3 Å². The number of hydrogen-bond donors (Lipinski definition) is 3. The lowest BCUT2D eigenvalue weighted by molar-refractivity contribution is -0.385. The maximum absolute atomic E-state index is 10.7. The van der Waals surface area contributed by atoms with E-state index < -0.39 is 4.92 Å². The minimum Gasteiger partial charge on any atom is -0.506 e. The van der Waals surface area contributed by atoms with Crippen LogP contribution in [0.25, 0.3) is 0 Å². The zero-order chi connectivity index (χ0) is 14.4. The van der Waals surface area contributed by atoms with Crippen molar-refractivity contribution in [3.8, 4) is 5.75 Å². The van der Waals surface area contributed by atoms with E-state index in [0.717, 1.165) is 0 Å². The number of aromatic hydroxyl groups is 1. The average Bonchev–Trinajstić information content (AvgIpc) is 2.34. The van der Waals surface area contributed by atoms with Gasteiger partial charge in [0.15, 0.2) is 5.11 Å². The Bertz CT molecular complexity index is 536. The van der Waals surface area contributed by atoms with Gasteiger partial charge in [-0.3, -0.25) is 15.5 Å². The van der Waals surface area contributed by atoms with Crippen molar-refractivity contribution in [2.45, 2.75) is 6.92 Å². The fraction of sp³-hybridized carbons (Fsp3) is 0.200. The van der Waals surface area contributed by atoms with Gasteiger partial charge in [0.1, 0.15) is 5.75 Å². The van der Waals surface area contributed by atoms with Crippen LogP contribution in [0.1, 0.15) is 12.5 Å². The predicted molar refractivity (Wildman–Crippen MR) is 79.5 cm³/mol. The Morgan fingerprint density at radius 1 is 1.68 bits per heavy atom. The molecule has 0 atom stereocenters. The molecule has 0 fully saturated rings. The first-order chi connectivity index (χ1) is 8.95. The third-order valence-electron chi connectivity index (χ3n) is 2.00. The van der Waals surface area contributed by atoms with Crippen LogP contribution < -0.4 is 10.7 Å². The normalized spacial score (nSPS) is 10.4. The van der Waals surface area contributed by atoms with Crippen LogP contribution in [0.4, 0.5) is 5.69 Å². The van der Waals surface area contributed by atoms with Crippen molar-refractivity contribution in [2.24, 2.45) is 5.10 Å². The quantitative estimate of drug-likeness (QED) is 0.333. The van der Waals surface area contributed by atoms with Crippen LogP contribution >= 0.6 is 28.1 Å². The molecule has 0 heterocycles. The summed E-state index contributed by atoms with van der Waals surface area (Å²) in [6.45, 7) is 2.52. The molecular weight excluding hydrogens is 336 g/mol. The molecule has 1 rings (SSSR count). The van der Waals surface area contributed by atoms with Crippen LogP contribution in [0.3, 0.4) is 0 Å². The standard InChI is InChI=1S/C10H11BrN4O3S/c1-2-12-10(19)14-13-5-6-3-7(15(17)18)4-8(11)9(6)16/h3-5,16H,2H2,1H3,(H2,12,14,19)/b13-5-. The van der Waals surface area contributed by atoms with Gasteiger partial charge in [0.05, 0.1) is 15.6 Å². The monoisotopic (exact) mass is 346 g/mol. The minimum atomic E-state index is -0.557. The van der Waals surface area contributed by atoms with Crippen molar-refractivity contribution in [3.05, 3.63) is 32.3 Å². The van der Waals surface area contributed by atoms with Gasteiger partial charge < -0.3 is 10.4 Å². The molecular formula is C10H11BrN4O3S. The molecule has 9 heteroatoms. The number of benzene rings is 1. The highest BCUT2D eigenvalue weighted by Crippen LogP contribution is 2.31. The summed E-state index contributed by atoms with van der Waals surface area (Å²) in [4.78, 5) is 10.1. The van der Waals surface area contributed by atoms with E-state index in [4.69, 9.17) is 12.2 Å². The summed E-state index contributed by atoms with van der Waals surface area (Å²) in [7, 11) is 0. The number of rotatable bonds is 4. The van der Waals surface area contributed by atoms with Crippen molar-refractivity contribution in [2.75, 3.05) is 6.54 Å². The molecule has 3 N–H and O–H groups in total. The molecule has 0 aliphatic carbocycles. The number of nitro benzene ring substituents is 1. The Morgan fingerprint density at radius 3 is 2.95 bits per heavy atom. The summed E-state index contributed by atoms with van der Waals surface area (Å²) in [5.74, 6) is -0.134. The van der Waals surface area contributed by atoms with Crippen LogP contribution in [-0.2, 0) is 0 Å². The number of nitrogens with zero attached hydrogens (tertiary/aromatic N) is 2. The number of halogens is 1. The van der Waals surface area contributed by atoms with Crippen LogP contribution in [0.5, 0.6) is 5.75 Å². The molecule has 0 aromatic heterocycles. The van der Waals surface area contributed by atoms with Crippen molar-refractivity contribution in [1.82, 2.24) is 10.7 Å². The van der Waals surface area contributed by atoms with Crippen LogP contribution in [-0.4, -0.2) is 27.9 Å². The maximum atomic E-state index is 10.7. The number of nitro groups is 1.